The number of aromatic amines is 1. The number of nitrogens with one attached hydrogen (secondary N) is 1. The van der Waals surface area contributed by atoms with Crippen LogP contribution in [0.5, 0.6) is 0 Å². The van der Waals surface area contributed by atoms with Crippen LogP contribution < -0.4 is 11.2 Å². The summed E-state index contributed by atoms with van der Waals surface area (Å²) in [6.45, 7) is 0.535. The van der Waals surface area contributed by atoms with Gasteiger partial charge in [0.05, 0.1) is 21.8 Å². The van der Waals surface area contributed by atoms with Crippen LogP contribution >= 0.6 is 22.6 Å². The van der Waals surface area contributed by atoms with Crippen LogP contribution in [0.15, 0.2) is 15.8 Å². The number of nitrogens with zero attached hydrogens (tertiary/aromatic N) is 1. The molecule has 5 nitrogen and oxygen atoms in total. The maximum absolute atomic E-state index is 11.7. The fourth-order valence-electron chi connectivity index (χ4n) is 3.25. The lowest BCUT2D eigenvalue weighted by molar-refractivity contribution is -0.0422. The molecule has 0 radical (unpaired) electrons. The van der Waals surface area contributed by atoms with Gasteiger partial charge in [0.15, 0.2) is 0 Å². The van der Waals surface area contributed by atoms with E-state index in [1.54, 1.807) is 10.8 Å². The second kappa shape index (κ2) is 5.05. The van der Waals surface area contributed by atoms with E-state index < -0.39 is 0 Å². The van der Waals surface area contributed by atoms with Crippen molar-refractivity contribution in [3.63, 3.8) is 0 Å². The average molecular weight is 376 g/mol. The van der Waals surface area contributed by atoms with Gasteiger partial charge in [0.1, 0.15) is 0 Å². The summed E-state index contributed by atoms with van der Waals surface area (Å²) in [6, 6.07) is 0. The Morgan fingerprint density at radius 3 is 2.84 bits per heavy atom. The van der Waals surface area contributed by atoms with Crippen LogP contribution in [-0.2, 0) is 11.3 Å². The highest BCUT2D eigenvalue weighted by Crippen LogP contribution is 2.43. The standard InChI is InChI=1S/C13H17IN2O3/c14-10-8-16(12(18)15-11(10)17)7-9-3-6-13(19-9)4-1-2-5-13/h8-9H,1-7H2,(H,15,17,18). The summed E-state index contributed by atoms with van der Waals surface area (Å²) in [5.41, 5.74) is -0.577. The average Bonchev–Trinajstić information content (AvgIpc) is 2.98. The molecule has 1 atom stereocenters. The molecule has 1 N–H and O–H groups in total. The van der Waals surface area contributed by atoms with Crippen LogP contribution in [-0.4, -0.2) is 21.3 Å². The zero-order chi connectivity index (χ0) is 13.5. The molecule has 6 heteroatoms. The first-order chi connectivity index (χ1) is 9.08. The van der Waals surface area contributed by atoms with Gasteiger partial charge in [-0.1, -0.05) is 12.8 Å². The Bertz CT molecular complexity index is 586. The molecular weight excluding hydrogens is 359 g/mol. The van der Waals surface area contributed by atoms with Crippen molar-refractivity contribution in [3.05, 3.63) is 30.6 Å². The number of hydrogen-bond acceptors (Lipinski definition) is 3. The van der Waals surface area contributed by atoms with Crippen LogP contribution in [0.2, 0.25) is 0 Å². The smallest absolute Gasteiger partial charge is 0.328 e. The Morgan fingerprint density at radius 1 is 1.37 bits per heavy atom. The zero-order valence-corrected chi connectivity index (χ0v) is 12.8. The Kier molecular flexibility index (Phi) is 3.55. The summed E-state index contributed by atoms with van der Waals surface area (Å²) >= 11 is 1.94. The molecule has 0 bridgehead atoms. The van der Waals surface area contributed by atoms with E-state index in [9.17, 15) is 9.59 Å². The van der Waals surface area contributed by atoms with Crippen molar-refractivity contribution >= 4 is 22.6 Å². The Labute approximate surface area is 124 Å². The van der Waals surface area contributed by atoms with E-state index in [4.69, 9.17) is 4.74 Å². The SMILES string of the molecule is O=c1[nH]c(=O)n(CC2CCC3(CCCC3)O2)cc1I. The quantitative estimate of drug-likeness (QED) is 0.799. The third-order valence-corrected chi connectivity index (χ3v) is 4.99. The summed E-state index contributed by atoms with van der Waals surface area (Å²) in [5, 5.41) is 0. The normalized spacial score (nSPS) is 25.2. The summed E-state index contributed by atoms with van der Waals surface area (Å²) in [6.07, 6.45) is 8.63. The van der Waals surface area contributed by atoms with Crippen molar-refractivity contribution in [2.45, 2.75) is 56.8 Å². The van der Waals surface area contributed by atoms with Gasteiger partial charge in [-0.25, -0.2) is 4.79 Å². The molecule has 104 valence electrons. The summed E-state index contributed by atoms with van der Waals surface area (Å²) in [7, 11) is 0. The largest absolute Gasteiger partial charge is 0.370 e. The number of aromatic nitrogens is 2. The Balaban J connectivity index is 1.74. The minimum atomic E-state index is -0.346. The minimum Gasteiger partial charge on any atom is -0.370 e. The van der Waals surface area contributed by atoms with E-state index in [1.807, 2.05) is 22.6 Å². The molecule has 1 unspecified atom stereocenters. The molecule has 19 heavy (non-hydrogen) atoms. The van der Waals surface area contributed by atoms with Gasteiger partial charge in [-0.05, 0) is 48.3 Å². The van der Waals surface area contributed by atoms with Crippen molar-refractivity contribution in [1.29, 1.82) is 0 Å². The molecule has 1 aromatic rings. The van der Waals surface area contributed by atoms with E-state index in [0.717, 1.165) is 25.7 Å². The van der Waals surface area contributed by atoms with Crippen molar-refractivity contribution in [2.24, 2.45) is 0 Å². The first kappa shape index (κ1) is 13.4. The fourth-order valence-corrected chi connectivity index (χ4v) is 3.72. The van der Waals surface area contributed by atoms with Gasteiger partial charge >= 0.3 is 5.69 Å². The molecule has 0 aromatic carbocycles. The van der Waals surface area contributed by atoms with E-state index in [-0.39, 0.29) is 23.0 Å². The van der Waals surface area contributed by atoms with Crippen molar-refractivity contribution in [3.8, 4) is 0 Å². The van der Waals surface area contributed by atoms with Crippen molar-refractivity contribution in [2.75, 3.05) is 0 Å². The molecular formula is C13H17IN2O3. The highest BCUT2D eigenvalue weighted by molar-refractivity contribution is 14.1. The Hall–Kier alpha value is -0.630. The number of hydrogen-bond donors (Lipinski definition) is 1. The van der Waals surface area contributed by atoms with Crippen LogP contribution in [0.1, 0.15) is 38.5 Å². The van der Waals surface area contributed by atoms with Crippen molar-refractivity contribution in [1.82, 2.24) is 9.55 Å². The monoisotopic (exact) mass is 376 g/mol. The second-order valence-corrected chi connectivity index (χ2v) is 6.72. The van der Waals surface area contributed by atoms with Gasteiger partial charge in [0.2, 0.25) is 0 Å². The van der Waals surface area contributed by atoms with Crippen molar-refractivity contribution < 1.29 is 4.74 Å². The molecule has 1 aliphatic carbocycles. The van der Waals surface area contributed by atoms with E-state index >= 15 is 0 Å². The predicted octanol–water partition coefficient (Wildman–Crippen LogP) is 1.63. The number of rotatable bonds is 2. The second-order valence-electron chi connectivity index (χ2n) is 5.56. The highest BCUT2D eigenvalue weighted by Gasteiger charge is 2.42. The molecule has 1 saturated heterocycles. The third-order valence-electron chi connectivity index (χ3n) is 4.22. The first-order valence-corrected chi connectivity index (χ1v) is 7.83. The fraction of sp³-hybridized carbons (Fsp3) is 0.692. The zero-order valence-electron chi connectivity index (χ0n) is 10.7. The topological polar surface area (TPSA) is 64.1 Å². The first-order valence-electron chi connectivity index (χ1n) is 6.75. The van der Waals surface area contributed by atoms with Gasteiger partial charge in [-0.3, -0.25) is 14.3 Å². The van der Waals surface area contributed by atoms with Crippen LogP contribution in [0.25, 0.3) is 0 Å². The molecule has 3 rings (SSSR count). The summed E-state index contributed by atoms with van der Waals surface area (Å²) in [4.78, 5) is 25.4. The lowest BCUT2D eigenvalue weighted by Gasteiger charge is -2.24. The number of H-pyrrole nitrogens is 1. The molecule has 1 saturated carbocycles. The minimum absolute atomic E-state index is 0.0869. The molecule has 1 aromatic heterocycles. The van der Waals surface area contributed by atoms with Gasteiger partial charge < -0.3 is 4.74 Å². The predicted molar refractivity (Wildman–Crippen MR) is 79.3 cm³/mol. The summed E-state index contributed by atoms with van der Waals surface area (Å²) in [5.74, 6) is 0. The molecule has 2 heterocycles. The van der Waals surface area contributed by atoms with E-state index in [1.165, 1.54) is 12.8 Å². The van der Waals surface area contributed by atoms with E-state index in [2.05, 4.69) is 4.98 Å². The number of ether oxygens (including phenoxy) is 1. The molecule has 2 fully saturated rings. The van der Waals surface area contributed by atoms with E-state index in [0.29, 0.717) is 10.1 Å². The molecule has 2 aliphatic rings. The maximum atomic E-state index is 11.7. The van der Waals surface area contributed by atoms with Gasteiger partial charge in [-0.15, -0.1) is 0 Å². The molecule has 1 spiro atoms. The van der Waals surface area contributed by atoms with Crippen LogP contribution in [0.4, 0.5) is 0 Å². The lowest BCUT2D eigenvalue weighted by Crippen LogP contribution is -2.35. The lowest BCUT2D eigenvalue weighted by atomic mass is 9.98. The molecule has 1 aliphatic heterocycles. The number of halogens is 1. The Morgan fingerprint density at radius 2 is 2.11 bits per heavy atom. The van der Waals surface area contributed by atoms with Gasteiger partial charge in [-0.2, -0.15) is 0 Å². The maximum Gasteiger partial charge on any atom is 0.328 e. The summed E-state index contributed by atoms with van der Waals surface area (Å²) < 4.78 is 8.28. The van der Waals surface area contributed by atoms with Gasteiger partial charge in [0.25, 0.3) is 5.56 Å². The third kappa shape index (κ3) is 2.65. The highest BCUT2D eigenvalue weighted by atomic mass is 127. The van der Waals surface area contributed by atoms with Crippen LogP contribution in [0.3, 0.4) is 0 Å². The van der Waals surface area contributed by atoms with Crippen LogP contribution in [0, 0.1) is 3.57 Å². The molecule has 0 amide bonds. The van der Waals surface area contributed by atoms with Gasteiger partial charge in [0, 0.05) is 6.20 Å².